The summed E-state index contributed by atoms with van der Waals surface area (Å²) in [6.07, 6.45) is 1.84. The summed E-state index contributed by atoms with van der Waals surface area (Å²) in [5.74, 6) is 0.288. The Balaban J connectivity index is 1.85. The Bertz CT molecular complexity index is 394. The van der Waals surface area contributed by atoms with E-state index in [1.807, 2.05) is 11.8 Å². The van der Waals surface area contributed by atoms with Crippen molar-refractivity contribution in [2.24, 2.45) is 5.73 Å². The van der Waals surface area contributed by atoms with E-state index in [1.165, 1.54) is 10.5 Å². The SMILES string of the molecule is CCN(CCC(=N)N)CC1Cc2ccccc2S1. The zero-order chi connectivity index (χ0) is 13.0. The summed E-state index contributed by atoms with van der Waals surface area (Å²) in [4.78, 5) is 3.83. The minimum absolute atomic E-state index is 0.288. The Hall–Kier alpha value is -1.00. The lowest BCUT2D eigenvalue weighted by molar-refractivity contribution is 0.297. The van der Waals surface area contributed by atoms with Crippen LogP contribution in [0.1, 0.15) is 18.9 Å². The molecular formula is C14H21N3S. The molecule has 0 spiro atoms. The molecule has 0 fully saturated rings. The number of hydrogen-bond acceptors (Lipinski definition) is 3. The Morgan fingerprint density at radius 3 is 2.94 bits per heavy atom. The van der Waals surface area contributed by atoms with Crippen molar-refractivity contribution >= 4 is 17.6 Å². The third-order valence-electron chi connectivity index (χ3n) is 3.32. The highest BCUT2D eigenvalue weighted by Gasteiger charge is 2.23. The second-order valence-electron chi connectivity index (χ2n) is 4.72. The summed E-state index contributed by atoms with van der Waals surface area (Å²) < 4.78 is 0. The van der Waals surface area contributed by atoms with E-state index < -0.39 is 0 Å². The number of thioether (sulfide) groups is 1. The highest BCUT2D eigenvalue weighted by atomic mass is 32.2. The van der Waals surface area contributed by atoms with Gasteiger partial charge < -0.3 is 10.6 Å². The molecule has 1 aliphatic rings. The summed E-state index contributed by atoms with van der Waals surface area (Å²) in [6.45, 7) is 5.19. The lowest BCUT2D eigenvalue weighted by Gasteiger charge is -2.23. The Morgan fingerprint density at radius 1 is 1.50 bits per heavy atom. The van der Waals surface area contributed by atoms with Gasteiger partial charge in [0.15, 0.2) is 0 Å². The van der Waals surface area contributed by atoms with E-state index in [4.69, 9.17) is 11.1 Å². The second kappa shape index (κ2) is 6.25. The van der Waals surface area contributed by atoms with Crippen LogP contribution in [0.25, 0.3) is 0 Å². The van der Waals surface area contributed by atoms with Crippen molar-refractivity contribution in [3.8, 4) is 0 Å². The summed E-state index contributed by atoms with van der Waals surface area (Å²) in [5.41, 5.74) is 6.91. The van der Waals surface area contributed by atoms with Crippen LogP contribution in [-0.2, 0) is 6.42 Å². The molecule has 1 heterocycles. The van der Waals surface area contributed by atoms with Crippen LogP contribution in [-0.4, -0.2) is 35.6 Å². The van der Waals surface area contributed by atoms with Gasteiger partial charge in [-0.15, -0.1) is 11.8 Å². The third kappa shape index (κ3) is 3.50. The predicted octanol–water partition coefficient (Wildman–Crippen LogP) is 2.35. The number of nitrogens with one attached hydrogen (secondary N) is 1. The van der Waals surface area contributed by atoms with E-state index in [2.05, 4.69) is 36.1 Å². The molecule has 1 unspecified atom stereocenters. The van der Waals surface area contributed by atoms with E-state index in [-0.39, 0.29) is 5.84 Å². The van der Waals surface area contributed by atoms with Crippen molar-refractivity contribution in [2.45, 2.75) is 29.9 Å². The molecule has 0 saturated carbocycles. The molecule has 2 rings (SSSR count). The summed E-state index contributed by atoms with van der Waals surface area (Å²) in [7, 11) is 0. The molecule has 3 nitrogen and oxygen atoms in total. The van der Waals surface area contributed by atoms with Crippen molar-refractivity contribution in [3.63, 3.8) is 0 Å². The normalized spacial score (nSPS) is 18.0. The van der Waals surface area contributed by atoms with Gasteiger partial charge in [-0.1, -0.05) is 25.1 Å². The highest BCUT2D eigenvalue weighted by Crippen LogP contribution is 2.36. The monoisotopic (exact) mass is 263 g/mol. The lowest BCUT2D eigenvalue weighted by atomic mass is 10.1. The largest absolute Gasteiger partial charge is 0.388 e. The van der Waals surface area contributed by atoms with Crippen LogP contribution in [0, 0.1) is 5.41 Å². The molecule has 0 aliphatic carbocycles. The third-order valence-corrected chi connectivity index (χ3v) is 4.62. The van der Waals surface area contributed by atoms with Gasteiger partial charge in [-0.3, -0.25) is 5.41 Å². The molecule has 1 aliphatic heterocycles. The zero-order valence-electron chi connectivity index (χ0n) is 10.9. The fourth-order valence-corrected chi connectivity index (χ4v) is 3.67. The molecule has 4 heteroatoms. The van der Waals surface area contributed by atoms with Crippen molar-refractivity contribution < 1.29 is 0 Å². The van der Waals surface area contributed by atoms with Crippen LogP contribution in [0.3, 0.4) is 0 Å². The maximum atomic E-state index is 7.30. The number of benzene rings is 1. The average molecular weight is 263 g/mol. The first-order valence-corrected chi connectivity index (χ1v) is 7.36. The van der Waals surface area contributed by atoms with E-state index in [1.54, 1.807) is 0 Å². The standard InChI is InChI=1S/C14H21N3S/c1-2-17(8-7-14(15)16)10-12-9-11-5-3-4-6-13(11)18-12/h3-6,12H,2,7-10H2,1H3,(H3,15,16). The Labute approximate surface area is 113 Å². The summed E-state index contributed by atoms with van der Waals surface area (Å²) in [6, 6.07) is 8.68. The first kappa shape index (κ1) is 13.4. The maximum absolute atomic E-state index is 7.30. The Morgan fingerprint density at radius 2 is 2.28 bits per heavy atom. The first-order chi connectivity index (χ1) is 8.69. The Kier molecular flexibility index (Phi) is 4.66. The van der Waals surface area contributed by atoms with Gasteiger partial charge in [0, 0.05) is 29.7 Å². The molecule has 1 atom stereocenters. The van der Waals surface area contributed by atoms with Crippen LogP contribution in [0.2, 0.25) is 0 Å². The van der Waals surface area contributed by atoms with Crippen LogP contribution in [0.4, 0.5) is 0 Å². The van der Waals surface area contributed by atoms with Crippen molar-refractivity contribution in [1.82, 2.24) is 4.90 Å². The number of nitrogens with two attached hydrogens (primary N) is 1. The maximum Gasteiger partial charge on any atom is 0.0918 e. The minimum atomic E-state index is 0.288. The van der Waals surface area contributed by atoms with E-state index in [0.29, 0.717) is 11.7 Å². The molecular weight excluding hydrogens is 242 g/mol. The van der Waals surface area contributed by atoms with Crippen LogP contribution >= 0.6 is 11.8 Å². The number of nitrogens with zero attached hydrogens (tertiary/aromatic N) is 1. The zero-order valence-corrected chi connectivity index (χ0v) is 11.7. The van der Waals surface area contributed by atoms with Gasteiger partial charge in [-0.2, -0.15) is 0 Å². The van der Waals surface area contributed by atoms with Gasteiger partial charge in [0.1, 0.15) is 0 Å². The van der Waals surface area contributed by atoms with Crippen molar-refractivity contribution in [1.29, 1.82) is 5.41 Å². The molecule has 0 saturated heterocycles. The molecule has 0 amide bonds. The number of fused-ring (bicyclic) bond motifs is 1. The van der Waals surface area contributed by atoms with E-state index in [9.17, 15) is 0 Å². The van der Waals surface area contributed by atoms with Gasteiger partial charge in [0.05, 0.1) is 5.84 Å². The molecule has 98 valence electrons. The summed E-state index contributed by atoms with van der Waals surface area (Å²) >= 11 is 1.99. The summed E-state index contributed by atoms with van der Waals surface area (Å²) in [5, 5.41) is 7.95. The first-order valence-electron chi connectivity index (χ1n) is 6.49. The van der Waals surface area contributed by atoms with E-state index in [0.717, 1.165) is 26.1 Å². The number of rotatable bonds is 6. The fraction of sp³-hybridized carbons (Fsp3) is 0.500. The van der Waals surface area contributed by atoms with Crippen LogP contribution in [0.15, 0.2) is 29.2 Å². The molecule has 0 bridgehead atoms. The van der Waals surface area contributed by atoms with Crippen LogP contribution in [0.5, 0.6) is 0 Å². The predicted molar refractivity (Wildman–Crippen MR) is 78.4 cm³/mol. The quantitative estimate of drug-likeness (QED) is 0.612. The van der Waals surface area contributed by atoms with E-state index >= 15 is 0 Å². The van der Waals surface area contributed by atoms with Gasteiger partial charge in [-0.05, 0) is 24.6 Å². The molecule has 0 radical (unpaired) electrons. The topological polar surface area (TPSA) is 53.1 Å². The molecule has 3 N–H and O–H groups in total. The van der Waals surface area contributed by atoms with Gasteiger partial charge in [-0.25, -0.2) is 0 Å². The van der Waals surface area contributed by atoms with Crippen molar-refractivity contribution in [3.05, 3.63) is 29.8 Å². The van der Waals surface area contributed by atoms with Gasteiger partial charge in [0.25, 0.3) is 0 Å². The molecule has 1 aromatic rings. The lowest BCUT2D eigenvalue weighted by Crippen LogP contribution is -2.33. The molecule has 1 aromatic carbocycles. The smallest absolute Gasteiger partial charge is 0.0918 e. The molecule has 18 heavy (non-hydrogen) atoms. The second-order valence-corrected chi connectivity index (χ2v) is 6.06. The molecule has 0 aromatic heterocycles. The number of amidine groups is 1. The average Bonchev–Trinajstić information content (AvgIpc) is 2.76. The fourth-order valence-electron chi connectivity index (χ4n) is 2.30. The van der Waals surface area contributed by atoms with Crippen molar-refractivity contribution in [2.75, 3.05) is 19.6 Å². The number of hydrogen-bond donors (Lipinski definition) is 2. The highest BCUT2D eigenvalue weighted by molar-refractivity contribution is 8.00. The minimum Gasteiger partial charge on any atom is -0.388 e. The van der Waals surface area contributed by atoms with Gasteiger partial charge in [0.2, 0.25) is 0 Å². The van der Waals surface area contributed by atoms with Crippen LogP contribution < -0.4 is 5.73 Å². The van der Waals surface area contributed by atoms with Gasteiger partial charge >= 0.3 is 0 Å².